The van der Waals surface area contributed by atoms with Crippen LogP contribution in [-0.2, 0) is 15.5 Å². The molecule has 0 bridgehead atoms. The topological polar surface area (TPSA) is 75.8 Å². The molecule has 0 N–H and O–H groups in total. The minimum Gasteiger partial charge on any atom is -0.267 e. The molecule has 0 aromatic rings. The van der Waals surface area contributed by atoms with Crippen LogP contribution in [0.15, 0.2) is 0 Å². The van der Waals surface area contributed by atoms with Crippen molar-refractivity contribution in [3.8, 4) is 0 Å². The lowest BCUT2D eigenvalue weighted by atomic mass is 10.5. The molecule has 0 saturated heterocycles. The fourth-order valence-electron chi connectivity index (χ4n) is 13.4. The number of halogens is 8. The summed E-state index contributed by atoms with van der Waals surface area (Å²) >= 11 is 0. The minimum atomic E-state index is -8.36. The van der Waals surface area contributed by atoms with Crippen molar-refractivity contribution < 1.29 is 46.6 Å². The third-order valence-electron chi connectivity index (χ3n) is 12.0. The van der Waals surface area contributed by atoms with Crippen molar-refractivity contribution in [1.29, 1.82) is 0 Å². The molecule has 0 saturated carbocycles. The van der Waals surface area contributed by atoms with Gasteiger partial charge >= 0.3 is 9.05 Å². The van der Waals surface area contributed by atoms with Crippen LogP contribution >= 0.6 is 37.4 Å². The van der Waals surface area contributed by atoms with Gasteiger partial charge in [-0.3, -0.25) is 74.3 Å². The van der Waals surface area contributed by atoms with E-state index in [2.05, 4.69) is 0 Å². The number of hydrogen-bond donors (Lipinski definition) is 0. The Bertz CT molecular complexity index is 1440. The van der Waals surface area contributed by atoms with Crippen LogP contribution in [0.3, 0.4) is 0 Å². The molecule has 65 heavy (non-hydrogen) atoms. The lowest BCUT2D eigenvalue weighted by Crippen LogP contribution is -2.81. The highest BCUT2D eigenvalue weighted by molar-refractivity contribution is 8.57. The van der Waals surface area contributed by atoms with Gasteiger partial charge in [0.2, 0.25) is 20.5 Å². The molecule has 16 nitrogen and oxygen atoms in total. The van der Waals surface area contributed by atoms with E-state index in [-0.39, 0.29) is 50.0 Å². The first-order valence-electron chi connectivity index (χ1n) is 20.2. The first-order valence-corrected chi connectivity index (χ1v) is 33.8. The highest BCUT2D eigenvalue weighted by Crippen LogP contribution is 3.06. The van der Waals surface area contributed by atoms with Crippen LogP contribution in [0.1, 0.15) is 0 Å². The summed E-state index contributed by atoms with van der Waals surface area (Å²) in [6, 6.07) is 0. The minimum absolute atomic E-state index is 0.259. The average Bonchev–Trinajstić information content (AvgIpc) is 2.84. The Balaban J connectivity index is 11.2. The smallest absolute Gasteiger partial charge is 0.267 e. The van der Waals surface area contributed by atoms with E-state index in [4.69, 9.17) is 15.5 Å². The molecule has 0 aromatic heterocycles. The molecule has 29 heteroatoms. The molecule has 0 heterocycles. The van der Waals surface area contributed by atoms with Crippen molar-refractivity contribution in [2.24, 2.45) is 0 Å². The maximum absolute atomic E-state index is 19.9. The van der Waals surface area contributed by atoms with Crippen LogP contribution < -0.4 is 0 Å². The van der Waals surface area contributed by atoms with Gasteiger partial charge in [-0.1, -0.05) is 0 Å². The second-order valence-corrected chi connectivity index (χ2v) is 46.0. The molecule has 0 fully saturated rings. The Morgan fingerprint density at radius 1 is 0.231 bits per heavy atom. The van der Waals surface area contributed by atoms with E-state index in [1.807, 2.05) is 0 Å². The van der Waals surface area contributed by atoms with Crippen LogP contribution in [0, 0.1) is 0 Å². The lowest BCUT2D eigenvalue weighted by Gasteiger charge is -2.81. The fourth-order valence-corrected chi connectivity index (χ4v) is 41.8. The third kappa shape index (κ3) is 9.28. The van der Waals surface area contributed by atoms with E-state index in [1.165, 1.54) is 169 Å². The second-order valence-electron chi connectivity index (χ2n) is 22.6. The summed E-state index contributed by atoms with van der Waals surface area (Å²) in [5.74, 6) is 0. The SMILES string of the molecule is CN(C)C(N(C)C)(N(C)C)S(C)(C)(F)(F)O[Si](OS(C)(C)(F)(F)C(N(C)C)(N(C)C)N(C)C)(OS(C)(C)(F)(F)C(N(C)C)(N(C)C)N(C)C)OS(C)(C)(F)(F)C(N(C)C)(N(C)C)N(C)C. The molecule has 0 aliphatic rings. The van der Waals surface area contributed by atoms with E-state index in [1.54, 1.807) is 0 Å². The summed E-state index contributed by atoms with van der Waals surface area (Å²) in [4.78, 5) is 11.8. The first kappa shape index (κ1) is 65.4. The zero-order valence-corrected chi connectivity index (χ0v) is 50.4. The first-order chi connectivity index (χ1) is 27.2. The Hall–Kier alpha value is 0.417. The van der Waals surface area contributed by atoms with E-state index in [9.17, 15) is 0 Å². The predicted molar refractivity (Wildman–Crippen MR) is 272 cm³/mol. The number of hydrogen-bond acceptors (Lipinski definition) is 16. The van der Waals surface area contributed by atoms with E-state index in [0.717, 1.165) is 58.8 Å². The monoisotopic (exact) mass is 1070 g/mol. The van der Waals surface area contributed by atoms with Crippen molar-refractivity contribution in [3.05, 3.63) is 0 Å². The van der Waals surface area contributed by atoms with Crippen LogP contribution in [0.2, 0.25) is 0 Å². The maximum atomic E-state index is 19.9. The Morgan fingerprint density at radius 3 is 0.369 bits per heavy atom. The van der Waals surface area contributed by atoms with Crippen LogP contribution in [0.25, 0.3) is 0 Å². The predicted octanol–water partition coefficient (Wildman–Crippen LogP) is 5.95. The van der Waals surface area contributed by atoms with E-state index >= 15 is 31.1 Å². The summed E-state index contributed by atoms with van der Waals surface area (Å²) in [5, 5.41) is -11.8. The van der Waals surface area contributed by atoms with Gasteiger partial charge in [0.05, 0.1) is 37.4 Å². The largest absolute Gasteiger partial charge is 0.730 e. The van der Waals surface area contributed by atoms with Gasteiger partial charge in [0.15, 0.2) is 0 Å². The van der Waals surface area contributed by atoms with Gasteiger partial charge in [-0.25, -0.2) is 0 Å². The van der Waals surface area contributed by atoms with Crippen molar-refractivity contribution in [2.45, 2.75) is 20.5 Å². The van der Waals surface area contributed by atoms with E-state index < -0.39 is 66.9 Å². The number of rotatable bonds is 24. The van der Waals surface area contributed by atoms with Crippen LogP contribution in [0.4, 0.5) is 31.1 Å². The summed E-state index contributed by atoms with van der Waals surface area (Å²) in [6.07, 6.45) is 2.07. The molecule has 0 aliphatic carbocycles. The molecule has 0 atom stereocenters. The fraction of sp³-hybridized carbons (Fsp3) is 1.00. The molecular formula is C36H96F8N12O4S4Si. The van der Waals surface area contributed by atoms with Crippen molar-refractivity contribution in [2.75, 3.05) is 219 Å². The molecule has 0 radical (unpaired) electrons. The summed E-state index contributed by atoms with van der Waals surface area (Å²) in [5.41, 5.74) is 0. The molecular weight excluding hydrogens is 973 g/mol. The molecule has 0 spiro atoms. The van der Waals surface area contributed by atoms with Gasteiger partial charge < -0.3 is 0 Å². The van der Waals surface area contributed by atoms with Gasteiger partial charge in [0, 0.05) is 50.0 Å². The average molecular weight is 1070 g/mol. The second kappa shape index (κ2) is 15.2. The summed E-state index contributed by atoms with van der Waals surface area (Å²) < 4.78 is 184. The zero-order valence-electron chi connectivity index (χ0n) is 46.2. The highest BCUT2D eigenvalue weighted by atomic mass is 32.4. The van der Waals surface area contributed by atoms with Gasteiger partial charge in [0.1, 0.15) is 0 Å². The standard InChI is InChI=1S/C36H96F8N12O4S4Si/c1-45(2)33(46(3)4,47(5)6)61(25,26,37,38)57-65(58-62(27,28,39,40)34(48(7)8,49(9)10)50(11)12,59-63(29,30,41,42)35(51(13)14,52(15)16)53(17)18)60-64(31,32,43,44)36(54(19)20,55(21)22)56(23)24/h1-32H3. The molecule has 0 rings (SSSR count). The quantitative estimate of drug-likeness (QED) is 0.0650. The molecule has 0 aliphatic heterocycles. The van der Waals surface area contributed by atoms with Crippen molar-refractivity contribution in [3.63, 3.8) is 0 Å². The normalized spacial score (nSPS) is 20.9. The summed E-state index contributed by atoms with van der Waals surface area (Å²) in [6.45, 7) is 0. The number of nitrogens with zero attached hydrogens (tertiary/aromatic N) is 12. The lowest BCUT2D eigenvalue weighted by molar-refractivity contribution is -0.0715. The Morgan fingerprint density at radius 2 is 0.308 bits per heavy atom. The van der Waals surface area contributed by atoms with Gasteiger partial charge in [-0.2, -0.15) is 31.1 Å². The Kier molecular flexibility index (Phi) is 15.3. The summed E-state index contributed by atoms with van der Waals surface area (Å²) in [7, 11) is -12.1. The zero-order chi connectivity index (χ0) is 53.9. The van der Waals surface area contributed by atoms with Crippen LogP contribution in [-0.4, -0.2) is 308 Å². The van der Waals surface area contributed by atoms with Crippen LogP contribution in [0.5, 0.6) is 0 Å². The molecule has 0 amide bonds. The highest BCUT2D eigenvalue weighted by Gasteiger charge is 2.91. The van der Waals surface area contributed by atoms with Gasteiger partial charge in [0.25, 0.3) is 0 Å². The third-order valence-corrected chi connectivity index (χ3v) is 35.2. The van der Waals surface area contributed by atoms with Gasteiger partial charge in [-0.15, -0.1) is 0 Å². The molecule has 408 valence electrons. The molecule has 0 unspecified atom stereocenters. The van der Waals surface area contributed by atoms with E-state index in [0.29, 0.717) is 0 Å². The maximum Gasteiger partial charge on any atom is 0.730 e. The van der Waals surface area contributed by atoms with Crippen molar-refractivity contribution >= 4 is 46.4 Å². The molecule has 0 aromatic carbocycles. The van der Waals surface area contributed by atoms with Gasteiger partial charge in [-0.05, 0) is 169 Å². The van der Waals surface area contributed by atoms with Crippen molar-refractivity contribution in [1.82, 2.24) is 58.8 Å². The Labute approximate surface area is 389 Å².